The van der Waals surface area contributed by atoms with Crippen LogP contribution in [0.15, 0.2) is 5.22 Å². The van der Waals surface area contributed by atoms with Crippen LogP contribution in [0.3, 0.4) is 0 Å². The SMILES string of the molecule is N=NN(CCN1CCNC1=O)S(=O)O. The van der Waals surface area contributed by atoms with Crippen LogP contribution in [-0.2, 0) is 11.3 Å². The van der Waals surface area contributed by atoms with E-state index in [1.165, 1.54) is 4.90 Å². The first kappa shape index (κ1) is 10.9. The van der Waals surface area contributed by atoms with E-state index in [-0.39, 0.29) is 19.1 Å². The number of urea groups is 1. The Morgan fingerprint density at radius 3 is 2.93 bits per heavy atom. The molecule has 1 saturated heterocycles. The van der Waals surface area contributed by atoms with Crippen molar-refractivity contribution in [3.63, 3.8) is 0 Å². The number of nitrogens with one attached hydrogen (secondary N) is 2. The van der Waals surface area contributed by atoms with Crippen LogP contribution in [0.25, 0.3) is 0 Å². The summed E-state index contributed by atoms with van der Waals surface area (Å²) >= 11 is -2.29. The normalized spacial score (nSPS) is 17.8. The molecule has 2 amide bonds. The fourth-order valence-corrected chi connectivity index (χ4v) is 1.40. The number of nitrogens with zero attached hydrogens (tertiary/aromatic N) is 3. The van der Waals surface area contributed by atoms with E-state index in [4.69, 9.17) is 10.1 Å². The minimum absolute atomic E-state index is 0.0695. The fourth-order valence-electron chi connectivity index (χ4n) is 1.09. The second kappa shape index (κ2) is 4.86. The summed E-state index contributed by atoms with van der Waals surface area (Å²) in [4.78, 5) is 12.5. The van der Waals surface area contributed by atoms with E-state index < -0.39 is 11.3 Å². The van der Waals surface area contributed by atoms with Crippen LogP contribution in [0.1, 0.15) is 0 Å². The molecule has 1 aliphatic heterocycles. The molecule has 0 aliphatic carbocycles. The lowest BCUT2D eigenvalue weighted by molar-refractivity contribution is 0.213. The molecule has 1 heterocycles. The number of carbonyl (C=O) groups is 1. The third kappa shape index (κ3) is 2.64. The van der Waals surface area contributed by atoms with Gasteiger partial charge in [0.2, 0.25) is 0 Å². The van der Waals surface area contributed by atoms with Crippen LogP contribution < -0.4 is 5.32 Å². The van der Waals surface area contributed by atoms with Gasteiger partial charge in [-0.1, -0.05) is 5.22 Å². The Morgan fingerprint density at radius 1 is 1.79 bits per heavy atom. The maximum absolute atomic E-state index is 11.0. The van der Waals surface area contributed by atoms with Gasteiger partial charge in [0, 0.05) is 19.6 Å². The van der Waals surface area contributed by atoms with E-state index in [1.54, 1.807) is 0 Å². The Balaban J connectivity index is 2.34. The van der Waals surface area contributed by atoms with Crippen LogP contribution in [0, 0.1) is 5.53 Å². The molecule has 0 spiro atoms. The topological polar surface area (TPSA) is 109 Å². The molecule has 1 rings (SSSR count). The second-order valence-electron chi connectivity index (χ2n) is 2.63. The largest absolute Gasteiger partial charge is 0.336 e. The molecule has 9 heteroatoms. The molecule has 14 heavy (non-hydrogen) atoms. The first-order valence-electron chi connectivity index (χ1n) is 3.94. The maximum atomic E-state index is 11.0. The van der Waals surface area contributed by atoms with Crippen molar-refractivity contribution in [2.45, 2.75) is 0 Å². The van der Waals surface area contributed by atoms with E-state index in [0.717, 1.165) is 0 Å². The summed E-state index contributed by atoms with van der Waals surface area (Å²) in [6, 6.07) is -0.196. The van der Waals surface area contributed by atoms with Crippen molar-refractivity contribution in [1.29, 1.82) is 5.53 Å². The van der Waals surface area contributed by atoms with E-state index in [2.05, 4.69) is 10.5 Å². The second-order valence-corrected chi connectivity index (χ2v) is 3.51. The lowest BCUT2D eigenvalue weighted by Crippen LogP contribution is -2.35. The number of carbonyl (C=O) groups excluding carboxylic acids is 1. The summed E-state index contributed by atoms with van der Waals surface area (Å²) in [5.74, 6) is 0. The predicted octanol–water partition coefficient (Wildman–Crippen LogP) is -0.604. The van der Waals surface area contributed by atoms with Gasteiger partial charge in [-0.3, -0.25) is 4.55 Å². The Kier molecular flexibility index (Phi) is 3.77. The number of rotatable bonds is 5. The third-order valence-electron chi connectivity index (χ3n) is 1.80. The highest BCUT2D eigenvalue weighted by Crippen LogP contribution is 1.99. The van der Waals surface area contributed by atoms with Gasteiger partial charge in [0.05, 0.1) is 6.54 Å². The molecule has 80 valence electrons. The average Bonchev–Trinajstić information content (AvgIpc) is 2.52. The fraction of sp³-hybridized carbons (Fsp3) is 0.800. The van der Waals surface area contributed by atoms with Crippen LogP contribution in [0.2, 0.25) is 0 Å². The zero-order valence-corrected chi connectivity index (χ0v) is 8.16. The number of hydrogen-bond donors (Lipinski definition) is 3. The Morgan fingerprint density at radius 2 is 2.50 bits per heavy atom. The lowest BCUT2D eigenvalue weighted by atomic mass is 10.5. The molecule has 0 aromatic heterocycles. The van der Waals surface area contributed by atoms with Gasteiger partial charge < -0.3 is 10.2 Å². The number of amides is 2. The van der Waals surface area contributed by atoms with Gasteiger partial charge in [-0.2, -0.15) is 9.95 Å². The molecule has 1 fully saturated rings. The number of hydrogen-bond acceptors (Lipinski definition) is 4. The molecule has 1 atom stereocenters. The van der Waals surface area contributed by atoms with Crippen LogP contribution in [0.5, 0.6) is 0 Å². The third-order valence-corrected chi connectivity index (χ3v) is 2.42. The van der Waals surface area contributed by atoms with Crippen LogP contribution in [0.4, 0.5) is 4.79 Å². The van der Waals surface area contributed by atoms with Gasteiger partial charge in [-0.15, -0.1) is 0 Å². The molecule has 0 bridgehead atoms. The average molecular weight is 221 g/mol. The Hall–Kier alpha value is -1.22. The molecular formula is C5H11N5O3S. The van der Waals surface area contributed by atoms with Crippen molar-refractivity contribution in [2.75, 3.05) is 26.2 Å². The lowest BCUT2D eigenvalue weighted by Gasteiger charge is -2.17. The minimum atomic E-state index is -2.29. The standard InChI is InChI=1S/C5H11N5O3S/c6-8-10(14(12)13)4-3-9-2-1-7-5(9)11/h6H,1-4H2,(H,7,11)(H,12,13). The zero-order valence-electron chi connectivity index (χ0n) is 7.34. The molecule has 8 nitrogen and oxygen atoms in total. The Bertz CT molecular complexity index is 260. The van der Waals surface area contributed by atoms with E-state index in [1.807, 2.05) is 0 Å². The van der Waals surface area contributed by atoms with Gasteiger partial charge in [0.25, 0.3) is 11.3 Å². The van der Waals surface area contributed by atoms with Crippen molar-refractivity contribution in [1.82, 2.24) is 14.6 Å². The summed E-state index contributed by atoms with van der Waals surface area (Å²) in [7, 11) is 0. The molecule has 0 aromatic rings. The van der Waals surface area contributed by atoms with Crippen molar-refractivity contribution in [3.05, 3.63) is 0 Å². The highest BCUT2D eigenvalue weighted by atomic mass is 32.2. The molecule has 1 aliphatic rings. The zero-order chi connectivity index (χ0) is 10.6. The molecule has 0 radical (unpaired) electrons. The van der Waals surface area contributed by atoms with Crippen molar-refractivity contribution < 1.29 is 13.6 Å². The highest BCUT2D eigenvalue weighted by molar-refractivity contribution is 7.76. The van der Waals surface area contributed by atoms with Crippen molar-refractivity contribution in [3.8, 4) is 0 Å². The van der Waals surface area contributed by atoms with Gasteiger partial charge in [-0.25, -0.2) is 9.00 Å². The monoisotopic (exact) mass is 221 g/mol. The summed E-state index contributed by atoms with van der Waals surface area (Å²) in [5.41, 5.74) is 6.59. The van der Waals surface area contributed by atoms with Crippen molar-refractivity contribution in [2.24, 2.45) is 5.22 Å². The quantitative estimate of drug-likeness (QED) is 0.327. The molecule has 0 saturated carbocycles. The first-order chi connectivity index (χ1) is 6.65. The van der Waals surface area contributed by atoms with Crippen LogP contribution >= 0.6 is 0 Å². The maximum Gasteiger partial charge on any atom is 0.317 e. The molecular weight excluding hydrogens is 210 g/mol. The minimum Gasteiger partial charge on any atom is -0.336 e. The Labute approximate surface area is 83.1 Å². The highest BCUT2D eigenvalue weighted by Gasteiger charge is 2.20. The van der Waals surface area contributed by atoms with E-state index in [0.29, 0.717) is 17.5 Å². The van der Waals surface area contributed by atoms with E-state index in [9.17, 15) is 9.00 Å². The summed E-state index contributed by atoms with van der Waals surface area (Å²) in [6.45, 7) is 1.50. The smallest absolute Gasteiger partial charge is 0.317 e. The summed E-state index contributed by atoms with van der Waals surface area (Å²) < 4.78 is 19.8. The van der Waals surface area contributed by atoms with Gasteiger partial charge in [0.1, 0.15) is 0 Å². The molecule has 3 N–H and O–H groups in total. The van der Waals surface area contributed by atoms with Gasteiger partial charge >= 0.3 is 6.03 Å². The molecule has 1 unspecified atom stereocenters. The molecule has 0 aromatic carbocycles. The van der Waals surface area contributed by atoms with Gasteiger partial charge in [-0.05, 0) is 0 Å². The summed E-state index contributed by atoms with van der Waals surface area (Å²) in [6.07, 6.45) is 0. The van der Waals surface area contributed by atoms with Crippen LogP contribution in [-0.4, -0.2) is 50.3 Å². The van der Waals surface area contributed by atoms with Gasteiger partial charge in [0.15, 0.2) is 0 Å². The first-order valence-corrected chi connectivity index (χ1v) is 5.00. The summed E-state index contributed by atoms with van der Waals surface area (Å²) in [5, 5.41) is 5.44. The van der Waals surface area contributed by atoms with Crippen molar-refractivity contribution >= 4 is 17.3 Å². The van der Waals surface area contributed by atoms with E-state index >= 15 is 0 Å². The predicted molar refractivity (Wildman–Crippen MR) is 47.6 cm³/mol.